The average Bonchev–Trinajstić information content (AvgIpc) is 3.37. The third kappa shape index (κ3) is 6.64. The van der Waals surface area contributed by atoms with Crippen LogP contribution in [0.15, 0.2) is 59.7 Å². The molecule has 5 rings (SSSR count). The molecule has 0 aliphatic carbocycles. The summed E-state index contributed by atoms with van der Waals surface area (Å²) in [5.74, 6) is 2.55. The summed E-state index contributed by atoms with van der Waals surface area (Å²) >= 11 is 14.4. The first-order valence-electron chi connectivity index (χ1n) is 13.7. The maximum Gasteiger partial charge on any atom is 0.326 e. The normalized spacial score (nSPS) is 19.4. The molecule has 0 radical (unpaired) electrons. The van der Waals surface area contributed by atoms with Gasteiger partial charge in [-0.2, -0.15) is 16.7 Å². The topological polar surface area (TPSA) is 74.2 Å². The molecule has 3 aromatic rings. The van der Waals surface area contributed by atoms with Crippen LogP contribution < -0.4 is 4.74 Å². The van der Waals surface area contributed by atoms with Crippen LogP contribution in [-0.4, -0.2) is 87.9 Å². The van der Waals surface area contributed by atoms with Gasteiger partial charge in [0.25, 0.3) is 0 Å². The zero-order valence-corrected chi connectivity index (χ0v) is 25.8. The highest BCUT2D eigenvalue weighted by Gasteiger charge is 2.45. The number of hydrogen-bond acceptors (Lipinski definition) is 7. The van der Waals surface area contributed by atoms with Crippen LogP contribution in [0.3, 0.4) is 0 Å². The van der Waals surface area contributed by atoms with Crippen molar-refractivity contribution in [1.82, 2.24) is 24.7 Å². The SMILES string of the molecule is CCOc1nc(C)ncc1C1=NC(c2ccc(Cl)cc2)C(c2ccc(Cl)cc2)N1C(=O)N1CCN(CCSC)CC1. The number of piperazine rings is 1. The fourth-order valence-corrected chi connectivity index (χ4v) is 5.93. The van der Waals surface area contributed by atoms with E-state index in [9.17, 15) is 4.79 Å². The number of aromatic nitrogens is 2. The monoisotopic (exact) mass is 612 g/mol. The van der Waals surface area contributed by atoms with Crippen molar-refractivity contribution >= 4 is 46.8 Å². The Balaban J connectivity index is 1.60. The summed E-state index contributed by atoms with van der Waals surface area (Å²) < 4.78 is 5.94. The smallest absolute Gasteiger partial charge is 0.326 e. The van der Waals surface area contributed by atoms with Crippen molar-refractivity contribution in [3.05, 3.63) is 87.3 Å². The number of ether oxygens (including phenoxy) is 1. The van der Waals surface area contributed by atoms with Crippen LogP contribution in [0.1, 0.15) is 41.5 Å². The van der Waals surface area contributed by atoms with Gasteiger partial charge in [0.15, 0.2) is 0 Å². The van der Waals surface area contributed by atoms with Crippen LogP contribution in [0.25, 0.3) is 0 Å². The maximum absolute atomic E-state index is 14.5. The van der Waals surface area contributed by atoms with Crippen LogP contribution in [0.4, 0.5) is 4.79 Å². The molecular formula is C30H34Cl2N6O2S. The quantitative estimate of drug-likeness (QED) is 0.304. The number of hydrogen-bond donors (Lipinski definition) is 0. The molecule has 2 aromatic carbocycles. The van der Waals surface area contributed by atoms with Gasteiger partial charge in [0.05, 0.1) is 18.2 Å². The zero-order valence-electron chi connectivity index (χ0n) is 23.5. The number of amides is 2. The van der Waals surface area contributed by atoms with E-state index in [0.29, 0.717) is 52.8 Å². The van der Waals surface area contributed by atoms with E-state index in [1.165, 1.54) is 0 Å². The molecule has 2 amide bonds. The predicted molar refractivity (Wildman–Crippen MR) is 166 cm³/mol. The Bertz CT molecular complexity index is 1380. The van der Waals surface area contributed by atoms with Gasteiger partial charge in [0.2, 0.25) is 5.88 Å². The minimum Gasteiger partial charge on any atom is -0.477 e. The number of nitrogens with zero attached hydrogens (tertiary/aromatic N) is 6. The molecule has 1 aromatic heterocycles. The van der Waals surface area contributed by atoms with Gasteiger partial charge in [0.1, 0.15) is 17.7 Å². The van der Waals surface area contributed by atoms with Gasteiger partial charge < -0.3 is 9.64 Å². The highest BCUT2D eigenvalue weighted by Crippen LogP contribution is 2.45. The minimum atomic E-state index is -0.429. The van der Waals surface area contributed by atoms with Gasteiger partial charge >= 0.3 is 6.03 Å². The molecule has 8 nitrogen and oxygen atoms in total. The van der Waals surface area contributed by atoms with Crippen molar-refractivity contribution in [3.8, 4) is 5.88 Å². The summed E-state index contributed by atoms with van der Waals surface area (Å²) in [6.45, 7) is 8.10. The number of urea groups is 1. The standard InChI is InChI=1S/C30H34Cl2N6O2S/c1-4-40-29-25(19-33-20(2)34-29)28-35-26(21-5-9-23(31)10-6-21)27(22-7-11-24(32)12-8-22)38(28)30(39)37-15-13-36(14-16-37)17-18-41-3/h5-12,19,26-27H,4,13-18H2,1-3H3. The average molecular weight is 614 g/mol. The van der Waals surface area contributed by atoms with Gasteiger partial charge in [-0.25, -0.2) is 9.78 Å². The van der Waals surface area contributed by atoms with E-state index < -0.39 is 12.1 Å². The van der Waals surface area contributed by atoms with E-state index in [4.69, 9.17) is 32.9 Å². The number of aliphatic imine (C=N–C) groups is 1. The Morgan fingerprint density at radius 3 is 2.24 bits per heavy atom. The van der Waals surface area contributed by atoms with Gasteiger partial charge in [-0.05, 0) is 55.5 Å². The van der Waals surface area contributed by atoms with E-state index >= 15 is 0 Å². The largest absolute Gasteiger partial charge is 0.477 e. The molecule has 2 unspecified atom stereocenters. The Morgan fingerprint density at radius 1 is 1.00 bits per heavy atom. The predicted octanol–water partition coefficient (Wildman–Crippen LogP) is 6.14. The summed E-state index contributed by atoms with van der Waals surface area (Å²) in [7, 11) is 0. The Labute approximate surface area is 255 Å². The van der Waals surface area contributed by atoms with Crippen molar-refractivity contribution in [2.75, 3.05) is 51.3 Å². The van der Waals surface area contributed by atoms with Crippen LogP contribution in [0.2, 0.25) is 10.0 Å². The lowest BCUT2D eigenvalue weighted by atomic mass is 9.94. The van der Waals surface area contributed by atoms with Gasteiger partial charge in [-0.15, -0.1) is 0 Å². The fourth-order valence-electron chi connectivity index (χ4n) is 5.24. The molecule has 0 saturated carbocycles. The van der Waals surface area contributed by atoms with Crippen molar-refractivity contribution in [1.29, 1.82) is 0 Å². The summed E-state index contributed by atoms with van der Waals surface area (Å²) in [6.07, 6.45) is 3.82. The molecule has 1 saturated heterocycles. The first-order valence-corrected chi connectivity index (χ1v) is 15.9. The molecule has 0 spiro atoms. The molecule has 0 bridgehead atoms. The van der Waals surface area contributed by atoms with Crippen molar-refractivity contribution < 1.29 is 9.53 Å². The third-order valence-corrected chi connectivity index (χ3v) is 8.44. The first-order chi connectivity index (χ1) is 19.9. The van der Waals surface area contributed by atoms with Crippen molar-refractivity contribution in [2.45, 2.75) is 25.9 Å². The van der Waals surface area contributed by atoms with Crippen LogP contribution in [0, 0.1) is 6.92 Å². The molecule has 11 heteroatoms. The molecule has 2 atom stereocenters. The lowest BCUT2D eigenvalue weighted by Crippen LogP contribution is -2.54. The van der Waals surface area contributed by atoms with E-state index in [1.54, 1.807) is 11.1 Å². The number of rotatable bonds is 8. The summed E-state index contributed by atoms with van der Waals surface area (Å²) in [6, 6.07) is 14.3. The molecule has 1 fully saturated rings. The van der Waals surface area contributed by atoms with Crippen molar-refractivity contribution in [2.24, 2.45) is 4.99 Å². The van der Waals surface area contributed by atoms with E-state index in [2.05, 4.69) is 21.1 Å². The van der Waals surface area contributed by atoms with Gasteiger partial charge in [0, 0.05) is 54.7 Å². The molecule has 0 N–H and O–H groups in total. The van der Waals surface area contributed by atoms with E-state index in [0.717, 1.165) is 36.5 Å². The fraction of sp³-hybridized carbons (Fsp3) is 0.400. The lowest BCUT2D eigenvalue weighted by Gasteiger charge is -2.39. The molecule has 3 heterocycles. The third-order valence-electron chi connectivity index (χ3n) is 7.35. The number of benzene rings is 2. The Morgan fingerprint density at radius 2 is 1.63 bits per heavy atom. The number of amidine groups is 1. The molecule has 2 aliphatic heterocycles. The molecule has 2 aliphatic rings. The van der Waals surface area contributed by atoms with Crippen LogP contribution >= 0.6 is 35.0 Å². The first kappa shape index (κ1) is 29.6. The highest BCUT2D eigenvalue weighted by atomic mass is 35.5. The van der Waals surface area contributed by atoms with E-state index in [1.807, 2.05) is 79.0 Å². The Kier molecular flexibility index (Phi) is 9.70. The zero-order chi connectivity index (χ0) is 28.9. The minimum absolute atomic E-state index is 0.104. The number of carbonyl (C=O) groups excluding carboxylic acids is 1. The maximum atomic E-state index is 14.5. The van der Waals surface area contributed by atoms with E-state index in [-0.39, 0.29) is 6.03 Å². The van der Waals surface area contributed by atoms with Crippen LogP contribution in [-0.2, 0) is 0 Å². The highest BCUT2D eigenvalue weighted by molar-refractivity contribution is 7.98. The van der Waals surface area contributed by atoms with Gasteiger partial charge in [-0.3, -0.25) is 14.8 Å². The number of aryl methyl sites for hydroxylation is 1. The summed E-state index contributed by atoms with van der Waals surface area (Å²) in [4.78, 5) is 34.9. The number of carbonyl (C=O) groups is 1. The second-order valence-electron chi connectivity index (χ2n) is 9.99. The lowest BCUT2D eigenvalue weighted by molar-refractivity contribution is 0.122. The molecule has 216 valence electrons. The van der Waals surface area contributed by atoms with Crippen molar-refractivity contribution in [3.63, 3.8) is 0 Å². The number of thioether (sulfide) groups is 1. The second kappa shape index (κ2) is 13.4. The summed E-state index contributed by atoms with van der Waals surface area (Å²) in [5.41, 5.74) is 2.45. The molecular weight excluding hydrogens is 579 g/mol. The summed E-state index contributed by atoms with van der Waals surface area (Å²) in [5, 5.41) is 1.26. The molecule has 41 heavy (non-hydrogen) atoms. The number of halogens is 2. The van der Waals surface area contributed by atoms with Crippen LogP contribution in [0.5, 0.6) is 5.88 Å². The Hall–Kier alpha value is -2.85. The second-order valence-corrected chi connectivity index (χ2v) is 11.8. The van der Waals surface area contributed by atoms with Gasteiger partial charge in [-0.1, -0.05) is 47.5 Å².